The predicted molar refractivity (Wildman–Crippen MR) is 90.6 cm³/mol. The number of nitrogens with zero attached hydrogens (tertiary/aromatic N) is 1. The first-order valence-corrected chi connectivity index (χ1v) is 7.12. The smallest absolute Gasteiger partial charge is 0.106 e. The van der Waals surface area contributed by atoms with Gasteiger partial charge in [-0.15, -0.1) is 0 Å². The van der Waals surface area contributed by atoms with Crippen LogP contribution in [0.2, 0.25) is 5.02 Å². The lowest BCUT2D eigenvalue weighted by Crippen LogP contribution is -2.21. The predicted octanol–water partition coefficient (Wildman–Crippen LogP) is 3.92. The Bertz CT molecular complexity index is 640. The van der Waals surface area contributed by atoms with E-state index < -0.39 is 0 Å². The van der Waals surface area contributed by atoms with Gasteiger partial charge >= 0.3 is 0 Å². The summed E-state index contributed by atoms with van der Waals surface area (Å²) in [6.45, 7) is 2.86. The minimum Gasteiger partial charge on any atom is -0.389 e. The molecule has 2 N–H and O–H groups in total. The largest absolute Gasteiger partial charge is 0.389 e. The molecular weight excluding hydrogens is 288 g/mol. The number of anilines is 1. The Kier molecular flexibility index (Phi) is 4.63. The van der Waals surface area contributed by atoms with Crippen molar-refractivity contribution in [3.05, 3.63) is 64.2 Å². The Morgan fingerprint density at radius 3 is 2.65 bits per heavy atom. The third-order valence-electron chi connectivity index (χ3n) is 3.14. The molecule has 2 aromatic carbocycles. The van der Waals surface area contributed by atoms with E-state index in [2.05, 4.69) is 36.1 Å². The first-order valence-electron chi connectivity index (χ1n) is 6.33. The summed E-state index contributed by atoms with van der Waals surface area (Å²) in [6, 6.07) is 14.0. The van der Waals surface area contributed by atoms with Gasteiger partial charge in [-0.2, -0.15) is 0 Å². The molecule has 0 heterocycles. The van der Waals surface area contributed by atoms with E-state index in [1.165, 1.54) is 11.1 Å². The van der Waals surface area contributed by atoms with Crippen molar-refractivity contribution in [3.63, 3.8) is 0 Å². The molecule has 0 atom stereocenters. The van der Waals surface area contributed by atoms with Crippen molar-refractivity contribution < 1.29 is 0 Å². The Morgan fingerprint density at radius 2 is 2.00 bits per heavy atom. The highest BCUT2D eigenvalue weighted by Crippen LogP contribution is 2.25. The van der Waals surface area contributed by atoms with Gasteiger partial charge in [0.25, 0.3) is 0 Å². The zero-order chi connectivity index (χ0) is 14.7. The molecule has 0 radical (unpaired) electrons. The minimum atomic E-state index is 0.382. The number of benzene rings is 2. The van der Waals surface area contributed by atoms with Gasteiger partial charge in [0, 0.05) is 29.9 Å². The molecule has 0 aliphatic carbocycles. The summed E-state index contributed by atoms with van der Waals surface area (Å²) >= 11 is 11.2. The molecule has 0 aliphatic heterocycles. The van der Waals surface area contributed by atoms with Gasteiger partial charge in [0.15, 0.2) is 0 Å². The minimum absolute atomic E-state index is 0.382. The highest BCUT2D eigenvalue weighted by molar-refractivity contribution is 7.80. The number of nitrogens with two attached hydrogens (primary N) is 1. The number of hydrogen-bond donors (Lipinski definition) is 1. The Hall–Kier alpha value is -1.58. The molecule has 2 aromatic rings. The molecule has 2 nitrogen and oxygen atoms in total. The van der Waals surface area contributed by atoms with E-state index in [1.54, 1.807) is 6.07 Å². The van der Waals surface area contributed by atoms with E-state index in [-0.39, 0.29) is 0 Å². The Balaban J connectivity index is 2.31. The van der Waals surface area contributed by atoms with Gasteiger partial charge in [-0.25, -0.2) is 0 Å². The number of thiocarbonyl (C=S) groups is 1. The highest BCUT2D eigenvalue weighted by Gasteiger charge is 2.11. The second-order valence-corrected chi connectivity index (χ2v) is 5.75. The molecule has 0 amide bonds. The van der Waals surface area contributed by atoms with Crippen molar-refractivity contribution in [3.8, 4) is 0 Å². The van der Waals surface area contributed by atoms with Crippen LogP contribution in [-0.2, 0) is 6.54 Å². The fourth-order valence-electron chi connectivity index (χ4n) is 2.20. The number of rotatable bonds is 4. The highest BCUT2D eigenvalue weighted by atomic mass is 35.5. The maximum atomic E-state index is 6.08. The third-order valence-corrected chi connectivity index (χ3v) is 3.59. The van der Waals surface area contributed by atoms with Gasteiger partial charge in [0.2, 0.25) is 0 Å². The van der Waals surface area contributed by atoms with Crippen LogP contribution >= 0.6 is 23.8 Å². The van der Waals surface area contributed by atoms with Crippen LogP contribution in [0.25, 0.3) is 0 Å². The zero-order valence-corrected chi connectivity index (χ0v) is 13.1. The van der Waals surface area contributed by atoms with Gasteiger partial charge in [-0.05, 0) is 30.7 Å². The van der Waals surface area contributed by atoms with E-state index in [1.807, 2.05) is 19.2 Å². The summed E-state index contributed by atoms with van der Waals surface area (Å²) in [5, 5.41) is 0.677. The van der Waals surface area contributed by atoms with Crippen molar-refractivity contribution in [2.75, 3.05) is 11.9 Å². The normalized spacial score (nSPS) is 10.3. The Morgan fingerprint density at radius 1 is 1.25 bits per heavy atom. The van der Waals surface area contributed by atoms with Gasteiger partial charge in [0.05, 0.1) is 0 Å². The Labute approximate surface area is 130 Å². The molecule has 4 heteroatoms. The molecule has 0 spiro atoms. The molecule has 0 aliphatic rings. The van der Waals surface area contributed by atoms with Crippen molar-refractivity contribution in [1.82, 2.24) is 0 Å². The fraction of sp³-hybridized carbons (Fsp3) is 0.188. The lowest BCUT2D eigenvalue weighted by atomic mass is 10.1. The molecule has 0 fully saturated rings. The van der Waals surface area contributed by atoms with Gasteiger partial charge in [-0.3, -0.25) is 0 Å². The van der Waals surface area contributed by atoms with Crippen molar-refractivity contribution >= 4 is 34.5 Å². The molecule has 104 valence electrons. The molecule has 2 rings (SSSR count). The average molecular weight is 305 g/mol. The topological polar surface area (TPSA) is 29.3 Å². The molecule has 0 aromatic heterocycles. The summed E-state index contributed by atoms with van der Waals surface area (Å²) in [5.74, 6) is 0. The second-order valence-electron chi connectivity index (χ2n) is 4.87. The number of hydrogen-bond acceptors (Lipinski definition) is 2. The van der Waals surface area contributed by atoms with Gasteiger partial charge < -0.3 is 10.6 Å². The summed E-state index contributed by atoms with van der Waals surface area (Å²) in [7, 11) is 2.01. The quantitative estimate of drug-likeness (QED) is 0.868. The molecule has 0 saturated carbocycles. The second kappa shape index (κ2) is 6.25. The van der Waals surface area contributed by atoms with Crippen LogP contribution < -0.4 is 10.6 Å². The van der Waals surface area contributed by atoms with Crippen LogP contribution in [0.3, 0.4) is 0 Å². The van der Waals surface area contributed by atoms with E-state index in [0.29, 0.717) is 10.0 Å². The van der Waals surface area contributed by atoms with E-state index >= 15 is 0 Å². The van der Waals surface area contributed by atoms with Crippen LogP contribution in [0.4, 0.5) is 5.69 Å². The lowest BCUT2D eigenvalue weighted by Gasteiger charge is -2.22. The van der Waals surface area contributed by atoms with Gasteiger partial charge in [-0.1, -0.05) is 53.6 Å². The van der Waals surface area contributed by atoms with Crippen molar-refractivity contribution in [1.29, 1.82) is 0 Å². The van der Waals surface area contributed by atoms with Crippen LogP contribution in [0.1, 0.15) is 16.7 Å². The maximum Gasteiger partial charge on any atom is 0.106 e. The standard InChI is InChI=1S/C16H17ClN2S/c1-11-4-3-5-12(8-11)10-19(2)15-9-13(17)6-7-14(15)16(18)20/h3-9H,10H2,1-2H3,(H2,18,20). The van der Waals surface area contributed by atoms with Crippen molar-refractivity contribution in [2.24, 2.45) is 5.73 Å². The summed E-state index contributed by atoms with van der Waals surface area (Å²) in [6.07, 6.45) is 0. The fourth-order valence-corrected chi connectivity index (χ4v) is 2.54. The van der Waals surface area contributed by atoms with Crippen LogP contribution in [0, 0.1) is 6.92 Å². The molecule has 20 heavy (non-hydrogen) atoms. The first kappa shape index (κ1) is 14.8. The maximum absolute atomic E-state index is 6.08. The molecule has 0 unspecified atom stereocenters. The number of aryl methyl sites for hydroxylation is 1. The van der Waals surface area contributed by atoms with Crippen molar-refractivity contribution in [2.45, 2.75) is 13.5 Å². The molecule has 0 bridgehead atoms. The monoisotopic (exact) mass is 304 g/mol. The van der Waals surface area contributed by atoms with Crippen LogP contribution in [0.5, 0.6) is 0 Å². The first-order chi connectivity index (χ1) is 9.47. The summed E-state index contributed by atoms with van der Waals surface area (Å²) in [4.78, 5) is 2.49. The zero-order valence-electron chi connectivity index (χ0n) is 11.6. The molecule has 0 saturated heterocycles. The summed E-state index contributed by atoms with van der Waals surface area (Å²) in [5.41, 5.74) is 10.1. The van der Waals surface area contributed by atoms with Gasteiger partial charge in [0.1, 0.15) is 4.99 Å². The SMILES string of the molecule is Cc1cccc(CN(C)c2cc(Cl)ccc2C(N)=S)c1. The molecular formula is C16H17ClN2S. The average Bonchev–Trinajstić information content (AvgIpc) is 2.38. The third kappa shape index (κ3) is 3.50. The number of halogens is 1. The van der Waals surface area contributed by atoms with E-state index in [0.717, 1.165) is 17.8 Å². The van der Waals surface area contributed by atoms with Crippen LogP contribution in [0.15, 0.2) is 42.5 Å². The lowest BCUT2D eigenvalue weighted by molar-refractivity contribution is 0.920. The summed E-state index contributed by atoms with van der Waals surface area (Å²) < 4.78 is 0. The van der Waals surface area contributed by atoms with E-state index in [4.69, 9.17) is 29.6 Å². The van der Waals surface area contributed by atoms with E-state index in [9.17, 15) is 0 Å². The van der Waals surface area contributed by atoms with Crippen LogP contribution in [-0.4, -0.2) is 12.0 Å².